The third-order valence-electron chi connectivity index (χ3n) is 3.73. The van der Waals surface area contributed by atoms with Crippen LogP contribution in [-0.2, 0) is 17.4 Å². The first-order valence-electron chi connectivity index (χ1n) is 8.38. The van der Waals surface area contributed by atoms with Crippen molar-refractivity contribution in [1.82, 2.24) is 5.32 Å². The fourth-order valence-electron chi connectivity index (χ4n) is 2.43. The number of ether oxygens (including phenoxy) is 3. The van der Waals surface area contributed by atoms with Crippen molar-refractivity contribution in [2.45, 2.75) is 19.2 Å². The number of carbonyl (C=O) groups is 1. The molecule has 0 aliphatic rings. The second-order valence-electron chi connectivity index (χ2n) is 5.75. The molecule has 158 valence electrons. The Kier molecular flexibility index (Phi) is 7.63. The lowest BCUT2D eigenvalue weighted by Gasteiger charge is -2.14. The predicted octanol–water partition coefficient (Wildman–Crippen LogP) is 4.05. The minimum Gasteiger partial charge on any atom is -0.493 e. The van der Waals surface area contributed by atoms with Crippen LogP contribution in [0.5, 0.6) is 17.2 Å². The zero-order valence-corrected chi connectivity index (χ0v) is 15.3. The molecule has 0 radical (unpaired) electrons. The molecule has 5 nitrogen and oxygen atoms in total. The third kappa shape index (κ3) is 6.81. The van der Waals surface area contributed by atoms with Crippen molar-refractivity contribution < 1.29 is 41.0 Å². The van der Waals surface area contributed by atoms with Crippen LogP contribution in [0, 0.1) is 0 Å². The van der Waals surface area contributed by atoms with E-state index in [9.17, 15) is 26.7 Å². The van der Waals surface area contributed by atoms with Crippen molar-refractivity contribution in [3.63, 3.8) is 0 Å². The molecule has 0 heterocycles. The summed E-state index contributed by atoms with van der Waals surface area (Å²) in [5.74, 6) is -1.08. The number of benzene rings is 2. The lowest BCUT2D eigenvalue weighted by Crippen LogP contribution is -2.30. The Balaban J connectivity index is 1.87. The molecule has 0 atom stereocenters. The molecule has 0 aromatic heterocycles. The molecule has 29 heavy (non-hydrogen) atoms. The van der Waals surface area contributed by atoms with Gasteiger partial charge in [-0.2, -0.15) is 22.0 Å². The Labute approximate surface area is 163 Å². The maximum absolute atomic E-state index is 12.9. The third-order valence-corrected chi connectivity index (χ3v) is 3.73. The molecule has 1 amide bonds. The number of amides is 1. The van der Waals surface area contributed by atoms with Gasteiger partial charge in [0.15, 0.2) is 18.1 Å². The largest absolute Gasteiger partial charge is 0.493 e. The van der Waals surface area contributed by atoms with Gasteiger partial charge in [0.1, 0.15) is 5.75 Å². The fourth-order valence-corrected chi connectivity index (χ4v) is 2.43. The van der Waals surface area contributed by atoms with Crippen molar-refractivity contribution in [2.75, 3.05) is 20.3 Å². The van der Waals surface area contributed by atoms with Crippen molar-refractivity contribution in [1.29, 1.82) is 0 Å². The number of halogens is 5. The average molecular weight is 419 g/mol. The number of alkyl halides is 5. The van der Waals surface area contributed by atoms with E-state index in [1.165, 1.54) is 31.4 Å². The summed E-state index contributed by atoms with van der Waals surface area (Å²) in [6.07, 6.45) is -4.33. The molecule has 0 saturated heterocycles. The lowest BCUT2D eigenvalue weighted by atomic mass is 10.1. The zero-order valence-electron chi connectivity index (χ0n) is 15.3. The molecule has 1 N–H and O–H groups in total. The summed E-state index contributed by atoms with van der Waals surface area (Å²) in [5, 5.41) is 2.48. The molecule has 2 aromatic rings. The summed E-state index contributed by atoms with van der Waals surface area (Å²) >= 11 is 0. The van der Waals surface area contributed by atoms with Gasteiger partial charge in [0.25, 0.3) is 5.91 Å². The predicted molar refractivity (Wildman–Crippen MR) is 93.3 cm³/mol. The summed E-state index contributed by atoms with van der Waals surface area (Å²) in [4.78, 5) is 11.8. The van der Waals surface area contributed by atoms with Crippen molar-refractivity contribution in [2.24, 2.45) is 0 Å². The molecule has 0 fully saturated rings. The summed E-state index contributed by atoms with van der Waals surface area (Å²) in [5.41, 5.74) is -0.386. The van der Waals surface area contributed by atoms with Gasteiger partial charge in [-0.1, -0.05) is 18.2 Å². The summed E-state index contributed by atoms with van der Waals surface area (Å²) in [6.45, 7) is -3.51. The van der Waals surface area contributed by atoms with E-state index in [1.54, 1.807) is 6.07 Å². The van der Waals surface area contributed by atoms with E-state index >= 15 is 0 Å². The molecule has 0 saturated carbocycles. The van der Waals surface area contributed by atoms with E-state index in [-0.39, 0.29) is 24.5 Å². The first-order valence-corrected chi connectivity index (χ1v) is 8.38. The van der Waals surface area contributed by atoms with Crippen LogP contribution in [0.15, 0.2) is 42.5 Å². The monoisotopic (exact) mass is 419 g/mol. The highest BCUT2D eigenvalue weighted by molar-refractivity contribution is 5.77. The quantitative estimate of drug-likeness (QED) is 0.623. The van der Waals surface area contributed by atoms with Crippen LogP contribution < -0.4 is 19.5 Å². The van der Waals surface area contributed by atoms with Crippen molar-refractivity contribution >= 4 is 5.91 Å². The van der Waals surface area contributed by atoms with Crippen LogP contribution in [0.25, 0.3) is 0 Å². The highest BCUT2D eigenvalue weighted by Gasteiger charge is 2.34. The minimum atomic E-state index is -4.60. The van der Waals surface area contributed by atoms with Gasteiger partial charge < -0.3 is 19.5 Å². The van der Waals surface area contributed by atoms with Gasteiger partial charge in [-0.15, -0.1) is 0 Å². The number of methoxy groups -OCH3 is 1. The number of hydrogen-bond donors (Lipinski definition) is 1. The molecule has 2 rings (SSSR count). The molecular weight excluding hydrogens is 401 g/mol. The Hall–Kier alpha value is -3.04. The smallest absolute Gasteiger partial charge is 0.419 e. The minimum absolute atomic E-state index is 0.115. The van der Waals surface area contributed by atoms with Gasteiger partial charge >= 0.3 is 12.8 Å². The Morgan fingerprint density at radius 3 is 2.45 bits per heavy atom. The van der Waals surface area contributed by atoms with Gasteiger partial charge in [0, 0.05) is 6.54 Å². The van der Waals surface area contributed by atoms with Crippen LogP contribution >= 0.6 is 0 Å². The lowest BCUT2D eigenvalue weighted by molar-refractivity contribution is -0.139. The van der Waals surface area contributed by atoms with Gasteiger partial charge in [-0.3, -0.25) is 4.79 Å². The maximum Gasteiger partial charge on any atom is 0.419 e. The van der Waals surface area contributed by atoms with Crippen LogP contribution in [0.2, 0.25) is 0 Å². The molecule has 0 unspecified atom stereocenters. The van der Waals surface area contributed by atoms with Crippen LogP contribution in [-0.4, -0.2) is 32.8 Å². The van der Waals surface area contributed by atoms with E-state index < -0.39 is 36.6 Å². The Morgan fingerprint density at radius 2 is 1.79 bits per heavy atom. The first kappa shape index (κ1) is 22.3. The van der Waals surface area contributed by atoms with Crippen molar-refractivity contribution in [3.05, 3.63) is 53.6 Å². The van der Waals surface area contributed by atoms with Crippen LogP contribution in [0.4, 0.5) is 22.0 Å². The van der Waals surface area contributed by atoms with Gasteiger partial charge in [0.2, 0.25) is 0 Å². The molecule has 0 aliphatic carbocycles. The van der Waals surface area contributed by atoms with E-state index in [1.807, 2.05) is 0 Å². The number of nitrogens with one attached hydrogen (secondary N) is 1. The Morgan fingerprint density at radius 1 is 1.07 bits per heavy atom. The van der Waals surface area contributed by atoms with Gasteiger partial charge in [-0.05, 0) is 36.2 Å². The molecule has 0 spiro atoms. The Bertz CT molecular complexity index is 826. The fraction of sp³-hybridized carbons (Fsp3) is 0.316. The van der Waals surface area contributed by atoms with Gasteiger partial charge in [-0.25, -0.2) is 0 Å². The summed E-state index contributed by atoms with van der Waals surface area (Å²) in [7, 11) is 1.31. The highest BCUT2D eigenvalue weighted by Crippen LogP contribution is 2.35. The van der Waals surface area contributed by atoms with E-state index in [4.69, 9.17) is 9.47 Å². The number of rotatable bonds is 9. The molecule has 10 heteroatoms. The molecule has 0 aliphatic heterocycles. The van der Waals surface area contributed by atoms with E-state index in [2.05, 4.69) is 10.1 Å². The summed E-state index contributed by atoms with van der Waals surface area (Å²) < 4.78 is 77.8. The average Bonchev–Trinajstić information content (AvgIpc) is 2.65. The second kappa shape index (κ2) is 9.94. The maximum atomic E-state index is 12.9. The molecular formula is C19H18F5NO4. The number of para-hydroxylation sites is 1. The number of carbonyl (C=O) groups excluding carboxylic acids is 1. The SMILES string of the molecule is COc1ccc(CCNC(=O)COc2ccccc2C(F)(F)F)cc1OC(F)F. The normalized spacial score (nSPS) is 11.3. The second-order valence-corrected chi connectivity index (χ2v) is 5.75. The van der Waals surface area contributed by atoms with E-state index in [0.717, 1.165) is 12.1 Å². The van der Waals surface area contributed by atoms with Gasteiger partial charge in [0.05, 0.1) is 12.7 Å². The molecule has 2 aromatic carbocycles. The summed E-state index contributed by atoms with van der Waals surface area (Å²) in [6, 6.07) is 8.98. The number of hydrogen-bond acceptors (Lipinski definition) is 4. The van der Waals surface area contributed by atoms with E-state index in [0.29, 0.717) is 5.56 Å². The van der Waals surface area contributed by atoms with Crippen LogP contribution in [0.1, 0.15) is 11.1 Å². The highest BCUT2D eigenvalue weighted by atomic mass is 19.4. The topological polar surface area (TPSA) is 56.8 Å². The molecule has 0 bridgehead atoms. The van der Waals surface area contributed by atoms with Crippen LogP contribution in [0.3, 0.4) is 0 Å². The standard InChI is InChI=1S/C19H18F5NO4/c1-27-15-7-6-12(10-16(15)29-18(20)21)8-9-25-17(26)11-28-14-5-3-2-4-13(14)19(22,23)24/h2-7,10,18H,8-9,11H2,1H3,(H,25,26). The first-order chi connectivity index (χ1) is 13.7. The van der Waals surface area contributed by atoms with Crippen molar-refractivity contribution in [3.8, 4) is 17.2 Å². The zero-order chi connectivity index (χ0) is 21.4.